The second-order valence-electron chi connectivity index (χ2n) is 7.42. The molecule has 0 bridgehead atoms. The molecule has 2 aromatic rings. The number of nitrogens with one attached hydrogen (secondary N) is 1. The molecule has 2 rings (SSSR count). The molecular weight excluding hydrogens is 372 g/mol. The first-order valence-corrected chi connectivity index (χ1v) is 9.84. The van der Waals surface area contributed by atoms with Crippen molar-refractivity contribution in [3.05, 3.63) is 50.7 Å². The molecule has 0 atom stereocenters. The predicted molar refractivity (Wildman–Crippen MR) is 115 cm³/mol. The van der Waals surface area contributed by atoms with Gasteiger partial charge in [0.25, 0.3) is 5.56 Å². The first-order chi connectivity index (χ1) is 13.8. The van der Waals surface area contributed by atoms with E-state index < -0.39 is 11.2 Å². The second-order valence-corrected chi connectivity index (χ2v) is 7.42. The minimum absolute atomic E-state index is 0.0200. The highest BCUT2D eigenvalue weighted by Crippen LogP contribution is 2.20. The van der Waals surface area contributed by atoms with Crippen LogP contribution in [0.25, 0.3) is 0 Å². The third-order valence-corrected chi connectivity index (χ3v) is 4.58. The summed E-state index contributed by atoms with van der Waals surface area (Å²) in [6.45, 7) is 6.58. The van der Waals surface area contributed by atoms with Gasteiger partial charge in [0, 0.05) is 13.1 Å². The SMILES string of the molecule is CCCCN(C(=O)Cc1ccc(OC)cc1)c1c(N)n(CC(C)C)c(=O)[nH]c1=O. The highest BCUT2D eigenvalue weighted by Gasteiger charge is 2.24. The Morgan fingerprint density at radius 2 is 1.90 bits per heavy atom. The van der Waals surface area contributed by atoms with E-state index in [2.05, 4.69) is 4.98 Å². The van der Waals surface area contributed by atoms with Gasteiger partial charge in [-0.05, 0) is 30.0 Å². The van der Waals surface area contributed by atoms with Gasteiger partial charge in [-0.2, -0.15) is 0 Å². The van der Waals surface area contributed by atoms with Crippen molar-refractivity contribution in [3.63, 3.8) is 0 Å². The molecule has 0 saturated heterocycles. The Balaban J connectivity index is 2.44. The van der Waals surface area contributed by atoms with Gasteiger partial charge in [0.05, 0.1) is 13.5 Å². The third-order valence-electron chi connectivity index (χ3n) is 4.58. The monoisotopic (exact) mass is 402 g/mol. The van der Waals surface area contributed by atoms with Gasteiger partial charge in [-0.1, -0.05) is 39.3 Å². The molecule has 1 aromatic carbocycles. The quantitative estimate of drug-likeness (QED) is 0.668. The number of rotatable bonds is 9. The molecule has 3 N–H and O–H groups in total. The first-order valence-electron chi connectivity index (χ1n) is 9.84. The average molecular weight is 402 g/mol. The second kappa shape index (κ2) is 9.95. The first kappa shape index (κ1) is 22.3. The lowest BCUT2D eigenvalue weighted by molar-refractivity contribution is -0.118. The highest BCUT2D eigenvalue weighted by atomic mass is 16.5. The Morgan fingerprint density at radius 1 is 1.24 bits per heavy atom. The molecule has 0 radical (unpaired) electrons. The van der Waals surface area contributed by atoms with Crippen molar-refractivity contribution in [2.24, 2.45) is 5.92 Å². The molecule has 158 valence electrons. The topological polar surface area (TPSA) is 110 Å². The van der Waals surface area contributed by atoms with Crippen molar-refractivity contribution in [2.45, 2.75) is 46.6 Å². The van der Waals surface area contributed by atoms with E-state index in [1.165, 1.54) is 9.47 Å². The summed E-state index contributed by atoms with van der Waals surface area (Å²) in [4.78, 5) is 41.6. The fourth-order valence-electron chi connectivity index (χ4n) is 3.08. The van der Waals surface area contributed by atoms with Gasteiger partial charge in [-0.3, -0.25) is 19.1 Å². The van der Waals surface area contributed by atoms with Crippen LogP contribution in [0.15, 0.2) is 33.9 Å². The number of anilines is 2. The maximum Gasteiger partial charge on any atom is 0.330 e. The van der Waals surface area contributed by atoms with E-state index in [1.807, 2.05) is 32.9 Å². The fraction of sp³-hybridized carbons (Fsp3) is 0.476. The molecule has 29 heavy (non-hydrogen) atoms. The molecule has 1 amide bonds. The van der Waals surface area contributed by atoms with Crippen LogP contribution in [-0.4, -0.2) is 29.1 Å². The molecule has 0 aliphatic heterocycles. The number of benzene rings is 1. The van der Waals surface area contributed by atoms with Gasteiger partial charge in [0.2, 0.25) is 5.91 Å². The zero-order chi connectivity index (χ0) is 21.6. The zero-order valence-corrected chi connectivity index (χ0v) is 17.5. The van der Waals surface area contributed by atoms with Crippen LogP contribution >= 0.6 is 0 Å². The molecule has 1 heterocycles. The van der Waals surface area contributed by atoms with Crippen molar-refractivity contribution in [3.8, 4) is 5.75 Å². The largest absolute Gasteiger partial charge is 0.497 e. The maximum atomic E-state index is 13.1. The molecule has 0 saturated carbocycles. The summed E-state index contributed by atoms with van der Waals surface area (Å²) in [5.74, 6) is 0.612. The molecule has 8 nitrogen and oxygen atoms in total. The normalized spacial score (nSPS) is 10.9. The van der Waals surface area contributed by atoms with Crippen LogP contribution in [0, 0.1) is 5.92 Å². The van der Waals surface area contributed by atoms with Gasteiger partial charge in [0.1, 0.15) is 11.6 Å². The highest BCUT2D eigenvalue weighted by molar-refractivity contribution is 5.96. The number of hydrogen-bond acceptors (Lipinski definition) is 5. The van der Waals surface area contributed by atoms with Gasteiger partial charge >= 0.3 is 5.69 Å². The minimum atomic E-state index is -0.647. The number of hydrogen-bond donors (Lipinski definition) is 2. The van der Waals surface area contributed by atoms with Gasteiger partial charge < -0.3 is 15.4 Å². The standard InChI is InChI=1S/C21H30N4O4/c1-5-6-11-24(17(26)12-15-7-9-16(29-4)10-8-15)18-19(22)25(13-14(2)3)21(28)23-20(18)27/h7-10,14H,5-6,11-13,22H2,1-4H3,(H,23,27,28). The van der Waals surface area contributed by atoms with E-state index in [0.29, 0.717) is 25.3 Å². The minimum Gasteiger partial charge on any atom is -0.497 e. The smallest absolute Gasteiger partial charge is 0.330 e. The van der Waals surface area contributed by atoms with E-state index >= 15 is 0 Å². The third kappa shape index (κ3) is 5.49. The van der Waals surface area contributed by atoms with Gasteiger partial charge in [0.15, 0.2) is 5.69 Å². The average Bonchev–Trinajstić information content (AvgIpc) is 2.67. The Bertz CT molecular complexity index is 945. The van der Waals surface area contributed by atoms with Crippen molar-refractivity contribution >= 4 is 17.4 Å². The Morgan fingerprint density at radius 3 is 2.45 bits per heavy atom. The Kier molecular flexibility index (Phi) is 7.64. The van der Waals surface area contributed by atoms with Crippen LogP contribution in [0.2, 0.25) is 0 Å². The van der Waals surface area contributed by atoms with Gasteiger partial charge in [-0.25, -0.2) is 4.79 Å². The Labute approximate surface area is 170 Å². The lowest BCUT2D eigenvalue weighted by Gasteiger charge is -2.25. The van der Waals surface area contributed by atoms with Crippen molar-refractivity contribution in [2.75, 3.05) is 24.3 Å². The van der Waals surface area contributed by atoms with Gasteiger partial charge in [-0.15, -0.1) is 0 Å². The molecule has 1 aromatic heterocycles. The van der Waals surface area contributed by atoms with Crippen LogP contribution < -0.4 is 26.6 Å². The summed E-state index contributed by atoms with van der Waals surface area (Å²) in [6, 6.07) is 7.18. The van der Waals surface area contributed by atoms with E-state index in [4.69, 9.17) is 10.5 Å². The number of methoxy groups -OCH3 is 1. The van der Waals surface area contributed by atoms with E-state index in [-0.39, 0.29) is 29.8 Å². The van der Waals surface area contributed by atoms with Crippen molar-refractivity contribution in [1.29, 1.82) is 0 Å². The number of H-pyrrole nitrogens is 1. The number of nitrogen functional groups attached to an aromatic ring is 1. The molecule has 8 heteroatoms. The maximum absolute atomic E-state index is 13.1. The number of unbranched alkanes of at least 4 members (excludes halogenated alkanes) is 1. The van der Waals surface area contributed by atoms with Crippen LogP contribution in [-0.2, 0) is 17.8 Å². The Hall–Kier alpha value is -3.03. The molecule has 0 fully saturated rings. The summed E-state index contributed by atoms with van der Waals surface area (Å²) < 4.78 is 6.46. The van der Waals surface area contributed by atoms with E-state index in [9.17, 15) is 14.4 Å². The van der Waals surface area contributed by atoms with Crippen LogP contribution in [0.4, 0.5) is 11.5 Å². The van der Waals surface area contributed by atoms with Crippen LogP contribution in [0.3, 0.4) is 0 Å². The number of carbonyl (C=O) groups is 1. The number of amides is 1. The summed E-state index contributed by atoms with van der Waals surface area (Å²) in [5.41, 5.74) is 5.83. The molecular formula is C21H30N4O4. The summed E-state index contributed by atoms with van der Waals surface area (Å²) >= 11 is 0. The van der Waals surface area contributed by atoms with Crippen molar-refractivity contribution in [1.82, 2.24) is 9.55 Å². The number of aromatic amines is 1. The summed E-state index contributed by atoms with van der Waals surface area (Å²) in [7, 11) is 1.58. The number of ether oxygens (including phenoxy) is 1. The predicted octanol–water partition coefficient (Wildman–Crippen LogP) is 2.16. The zero-order valence-electron chi connectivity index (χ0n) is 17.5. The number of nitrogens with zero attached hydrogens (tertiary/aromatic N) is 2. The summed E-state index contributed by atoms with van der Waals surface area (Å²) in [5, 5.41) is 0. The van der Waals surface area contributed by atoms with E-state index in [1.54, 1.807) is 19.2 Å². The molecule has 0 unspecified atom stereocenters. The van der Waals surface area contributed by atoms with Crippen LogP contribution in [0.5, 0.6) is 5.75 Å². The number of carbonyl (C=O) groups excluding carboxylic acids is 1. The summed E-state index contributed by atoms with van der Waals surface area (Å²) in [6.07, 6.45) is 1.65. The number of nitrogens with two attached hydrogens (primary N) is 1. The van der Waals surface area contributed by atoms with Crippen LogP contribution in [0.1, 0.15) is 39.2 Å². The fourth-order valence-corrected chi connectivity index (χ4v) is 3.08. The molecule has 0 spiro atoms. The lowest BCUT2D eigenvalue weighted by atomic mass is 10.1. The van der Waals surface area contributed by atoms with Crippen molar-refractivity contribution < 1.29 is 9.53 Å². The number of aromatic nitrogens is 2. The molecule has 0 aliphatic carbocycles. The lowest BCUT2D eigenvalue weighted by Crippen LogP contribution is -2.42. The van der Waals surface area contributed by atoms with E-state index in [0.717, 1.165) is 12.0 Å². The molecule has 0 aliphatic rings.